The number of carboxylic acid groups (broad SMARTS) is 1. The summed E-state index contributed by atoms with van der Waals surface area (Å²) in [7, 11) is -3.86. The van der Waals surface area contributed by atoms with E-state index in [-0.39, 0.29) is 48.8 Å². The molecule has 0 saturated carbocycles. The van der Waals surface area contributed by atoms with Gasteiger partial charge in [0.1, 0.15) is 10.0 Å². The van der Waals surface area contributed by atoms with E-state index in [1.165, 1.54) is 21.0 Å². The van der Waals surface area contributed by atoms with Crippen molar-refractivity contribution in [3.05, 3.63) is 71.3 Å². The number of aliphatic carboxylic acids is 1. The molecule has 3 heterocycles. The first kappa shape index (κ1) is 34.5. The summed E-state index contributed by atoms with van der Waals surface area (Å²) in [6.45, 7) is 2.86. The molecule has 2 aromatic carbocycles. The van der Waals surface area contributed by atoms with E-state index in [0.717, 1.165) is 5.69 Å². The molecule has 1 amide bonds. The Morgan fingerprint density at radius 2 is 1.83 bits per heavy atom. The van der Waals surface area contributed by atoms with Gasteiger partial charge in [0.2, 0.25) is 10.0 Å². The molecule has 1 aromatic heterocycles. The van der Waals surface area contributed by atoms with Gasteiger partial charge >= 0.3 is 11.9 Å². The molecule has 47 heavy (non-hydrogen) atoms. The zero-order chi connectivity index (χ0) is 33.6. The standard InChI is InChI=1S/C33H36N4O7S3/c1-2-44-32(41)23-15-18-35(19-16-23)47(42,43)27-13-9-10-24(20-27)30-25(22-37(34-30)26-11-5-3-6-12-26)21-28-31(40)36(33(45)46-28)17-8-4-7-14-29(38)39/h3,5-6,9-13,20-23H,2,4,7-8,14-19H2,1H3,(H,38,39)/b28-21-. The molecule has 5 rings (SSSR count). The maximum absolute atomic E-state index is 13.7. The van der Waals surface area contributed by atoms with Crippen LogP contribution in [0.5, 0.6) is 0 Å². The second kappa shape index (κ2) is 15.4. The van der Waals surface area contributed by atoms with Crippen LogP contribution in [-0.4, -0.2) is 80.9 Å². The predicted octanol–water partition coefficient (Wildman–Crippen LogP) is 5.35. The van der Waals surface area contributed by atoms with Crippen molar-refractivity contribution < 1.29 is 32.6 Å². The van der Waals surface area contributed by atoms with Crippen LogP contribution >= 0.6 is 24.0 Å². The fourth-order valence-electron chi connectivity index (χ4n) is 5.53. The van der Waals surface area contributed by atoms with E-state index < -0.39 is 16.0 Å². The van der Waals surface area contributed by atoms with Crippen LogP contribution in [0, 0.1) is 5.92 Å². The zero-order valence-corrected chi connectivity index (χ0v) is 28.4. The second-order valence-electron chi connectivity index (χ2n) is 11.2. The van der Waals surface area contributed by atoms with E-state index in [2.05, 4.69) is 0 Å². The van der Waals surface area contributed by atoms with E-state index in [1.807, 2.05) is 30.3 Å². The van der Waals surface area contributed by atoms with Gasteiger partial charge in [0, 0.05) is 43.4 Å². The first-order chi connectivity index (χ1) is 22.6. The van der Waals surface area contributed by atoms with E-state index in [9.17, 15) is 22.8 Å². The first-order valence-corrected chi connectivity index (χ1v) is 18.1. The van der Waals surface area contributed by atoms with Gasteiger partial charge in [-0.3, -0.25) is 19.3 Å². The number of thiocarbonyl (C=S) groups is 1. The number of para-hydroxylation sites is 1. The number of hydrogen-bond donors (Lipinski definition) is 1. The lowest BCUT2D eigenvalue weighted by molar-refractivity contribution is -0.149. The molecule has 2 saturated heterocycles. The summed E-state index contributed by atoms with van der Waals surface area (Å²) in [5, 5.41) is 13.7. The van der Waals surface area contributed by atoms with Crippen LogP contribution < -0.4 is 0 Å². The smallest absolute Gasteiger partial charge is 0.309 e. The van der Waals surface area contributed by atoms with Crippen LogP contribution in [-0.2, 0) is 29.1 Å². The molecule has 2 aliphatic heterocycles. The van der Waals surface area contributed by atoms with Gasteiger partial charge in [-0.15, -0.1) is 0 Å². The molecule has 1 N–H and O–H groups in total. The fraction of sp³-hybridized carbons (Fsp3) is 0.364. The molecule has 14 heteroatoms. The normalized spacial score (nSPS) is 17.0. The number of hydrogen-bond acceptors (Lipinski definition) is 9. The van der Waals surface area contributed by atoms with E-state index in [0.29, 0.717) is 64.7 Å². The number of thioether (sulfide) groups is 1. The molecule has 0 atom stereocenters. The highest BCUT2D eigenvalue weighted by molar-refractivity contribution is 8.26. The fourth-order valence-corrected chi connectivity index (χ4v) is 8.35. The van der Waals surface area contributed by atoms with E-state index >= 15 is 0 Å². The Labute approximate surface area is 283 Å². The third kappa shape index (κ3) is 8.18. The van der Waals surface area contributed by atoms with Crippen LogP contribution in [0.3, 0.4) is 0 Å². The molecule has 0 spiro atoms. The van der Waals surface area contributed by atoms with Crippen LogP contribution in [0.2, 0.25) is 0 Å². The zero-order valence-electron chi connectivity index (χ0n) is 25.9. The molecular weight excluding hydrogens is 661 g/mol. The molecular formula is C33H36N4O7S3. The number of carbonyl (C=O) groups excluding carboxylic acids is 2. The Morgan fingerprint density at radius 3 is 2.53 bits per heavy atom. The number of nitrogens with zero attached hydrogens (tertiary/aromatic N) is 4. The summed E-state index contributed by atoms with van der Waals surface area (Å²) < 4.78 is 36.1. The monoisotopic (exact) mass is 696 g/mol. The van der Waals surface area contributed by atoms with Crippen molar-refractivity contribution in [3.8, 4) is 16.9 Å². The predicted molar refractivity (Wildman–Crippen MR) is 183 cm³/mol. The maximum atomic E-state index is 13.7. The Bertz CT molecular complexity index is 1780. The molecule has 0 aliphatic carbocycles. The summed E-state index contributed by atoms with van der Waals surface area (Å²) in [4.78, 5) is 38.4. The molecule has 2 fully saturated rings. The van der Waals surface area contributed by atoms with Gasteiger partial charge in [-0.1, -0.05) is 60.7 Å². The van der Waals surface area contributed by atoms with Crippen molar-refractivity contribution in [2.24, 2.45) is 5.92 Å². The van der Waals surface area contributed by atoms with Crippen molar-refractivity contribution in [1.82, 2.24) is 19.0 Å². The van der Waals surface area contributed by atoms with Crippen LogP contribution in [0.25, 0.3) is 23.0 Å². The molecule has 0 radical (unpaired) electrons. The maximum Gasteiger partial charge on any atom is 0.309 e. The highest BCUT2D eigenvalue weighted by atomic mass is 32.2. The number of rotatable bonds is 13. The summed E-state index contributed by atoms with van der Waals surface area (Å²) in [6.07, 6.45) is 6.22. The molecule has 3 aromatic rings. The van der Waals surface area contributed by atoms with Crippen LogP contribution in [0.1, 0.15) is 51.0 Å². The number of carboxylic acids is 1. The highest BCUT2D eigenvalue weighted by Gasteiger charge is 2.34. The van der Waals surface area contributed by atoms with Gasteiger partial charge in [-0.05, 0) is 62.9 Å². The van der Waals surface area contributed by atoms with Crippen molar-refractivity contribution in [3.63, 3.8) is 0 Å². The summed E-state index contributed by atoms with van der Waals surface area (Å²) in [6, 6.07) is 16.0. The van der Waals surface area contributed by atoms with Gasteiger partial charge in [0.05, 0.1) is 28.0 Å². The molecule has 248 valence electrons. The topological polar surface area (TPSA) is 139 Å². The third-order valence-corrected chi connectivity index (χ3v) is 11.3. The van der Waals surface area contributed by atoms with Crippen LogP contribution in [0.4, 0.5) is 0 Å². The average Bonchev–Trinajstić information content (AvgIpc) is 3.61. The van der Waals surface area contributed by atoms with Crippen molar-refractivity contribution >= 4 is 62.2 Å². The Kier molecular flexibility index (Phi) is 11.3. The summed E-state index contributed by atoms with van der Waals surface area (Å²) in [5.74, 6) is -1.69. The average molecular weight is 697 g/mol. The number of sulfonamides is 1. The quantitative estimate of drug-likeness (QED) is 0.108. The number of benzene rings is 2. The number of ether oxygens (including phenoxy) is 1. The van der Waals surface area contributed by atoms with Crippen LogP contribution in [0.15, 0.2) is 70.6 Å². The SMILES string of the molecule is CCOC(=O)C1CCN(S(=O)(=O)c2cccc(-c3nn(-c4ccccc4)cc3/C=C3\SC(=S)N(CCCCCC(=O)O)C3=O)c2)CC1. The van der Waals surface area contributed by atoms with Crippen molar-refractivity contribution in [2.45, 2.75) is 50.3 Å². The van der Waals surface area contributed by atoms with Crippen molar-refractivity contribution in [1.29, 1.82) is 0 Å². The number of unbranched alkanes of at least 4 members (excludes halogenated alkanes) is 2. The largest absolute Gasteiger partial charge is 0.481 e. The number of esters is 1. The molecule has 0 bridgehead atoms. The second-order valence-corrected chi connectivity index (χ2v) is 14.8. The molecule has 11 nitrogen and oxygen atoms in total. The van der Waals surface area contributed by atoms with E-state index in [1.54, 1.807) is 48.1 Å². The number of amides is 1. The van der Waals surface area contributed by atoms with Crippen molar-refractivity contribution in [2.75, 3.05) is 26.2 Å². The van der Waals surface area contributed by atoms with Gasteiger partial charge in [-0.2, -0.15) is 9.40 Å². The Morgan fingerprint density at radius 1 is 1.09 bits per heavy atom. The third-order valence-electron chi connectivity index (χ3n) is 8.01. The van der Waals surface area contributed by atoms with Gasteiger partial charge < -0.3 is 9.84 Å². The summed E-state index contributed by atoms with van der Waals surface area (Å²) >= 11 is 6.70. The lowest BCUT2D eigenvalue weighted by Gasteiger charge is -2.30. The Balaban J connectivity index is 1.41. The van der Waals surface area contributed by atoms with E-state index in [4.69, 9.17) is 27.2 Å². The minimum absolute atomic E-state index is 0.0863. The first-order valence-electron chi connectivity index (χ1n) is 15.5. The summed E-state index contributed by atoms with van der Waals surface area (Å²) in [5.41, 5.74) is 2.45. The lowest BCUT2D eigenvalue weighted by atomic mass is 9.98. The minimum Gasteiger partial charge on any atom is -0.481 e. The number of aromatic nitrogens is 2. The van der Waals surface area contributed by atoms with Gasteiger partial charge in [0.15, 0.2) is 0 Å². The number of carbonyl (C=O) groups is 3. The minimum atomic E-state index is -3.86. The molecule has 2 aliphatic rings. The van der Waals surface area contributed by atoms with Gasteiger partial charge in [0.25, 0.3) is 5.91 Å². The lowest BCUT2D eigenvalue weighted by Crippen LogP contribution is -2.40. The highest BCUT2D eigenvalue weighted by Crippen LogP contribution is 2.36. The Hall–Kier alpha value is -3.85. The van der Waals surface area contributed by atoms with Gasteiger partial charge in [-0.25, -0.2) is 13.1 Å². The number of piperidine rings is 1. The molecule has 0 unspecified atom stereocenters.